The maximum absolute atomic E-state index is 12.5. The number of ether oxygens (including phenoxy) is 1. The largest absolute Gasteiger partial charge is 0.373 e. The van der Waals surface area contributed by atoms with E-state index >= 15 is 0 Å². The molecule has 1 saturated heterocycles. The van der Waals surface area contributed by atoms with Crippen molar-refractivity contribution in [2.24, 2.45) is 13.0 Å². The smallest absolute Gasteiger partial charge is 0.251 e. The molecule has 1 aliphatic rings. The van der Waals surface area contributed by atoms with Gasteiger partial charge in [-0.25, -0.2) is 4.63 Å². The predicted molar refractivity (Wildman–Crippen MR) is 93.6 cm³/mol. The molecule has 8 heteroatoms. The molecule has 1 fully saturated rings. The van der Waals surface area contributed by atoms with Gasteiger partial charge in [0, 0.05) is 42.9 Å². The fourth-order valence-electron chi connectivity index (χ4n) is 3.61. The highest BCUT2D eigenvalue weighted by atomic mass is 16.6. The molecule has 0 saturated carbocycles. The van der Waals surface area contributed by atoms with Crippen LogP contribution in [0.15, 0.2) is 22.8 Å². The van der Waals surface area contributed by atoms with Gasteiger partial charge < -0.3 is 10.1 Å². The molecule has 2 aromatic heterocycles. The Bertz CT molecular complexity index is 961. The molecule has 1 aliphatic heterocycles. The molecule has 0 aliphatic carbocycles. The molecule has 0 bridgehead atoms. The van der Waals surface area contributed by atoms with Crippen LogP contribution in [0.1, 0.15) is 39.8 Å². The molecule has 2 atom stereocenters. The number of nitrogens with zero attached hydrogens (tertiary/aromatic N) is 4. The zero-order valence-electron chi connectivity index (χ0n) is 15.0. The number of amides is 1. The maximum atomic E-state index is 12.5. The third-order valence-corrected chi connectivity index (χ3v) is 5.10. The Morgan fingerprint density at radius 1 is 1.31 bits per heavy atom. The van der Waals surface area contributed by atoms with Gasteiger partial charge in [-0.2, -0.15) is 5.10 Å². The molecule has 26 heavy (non-hydrogen) atoms. The number of benzene rings is 1. The van der Waals surface area contributed by atoms with Gasteiger partial charge in [-0.05, 0) is 48.8 Å². The van der Waals surface area contributed by atoms with Gasteiger partial charge in [-0.15, -0.1) is 0 Å². The topological polar surface area (TPSA) is 95.1 Å². The van der Waals surface area contributed by atoms with E-state index in [0.717, 1.165) is 23.4 Å². The SMILES string of the molecule is Cc1nn(C)c(C)c1[C@H]1OCC[C@@H]1CNC(=O)c1ccc2nonc2c1. The van der Waals surface area contributed by atoms with Crippen molar-refractivity contribution in [2.75, 3.05) is 13.2 Å². The summed E-state index contributed by atoms with van der Waals surface area (Å²) in [6, 6.07) is 5.13. The minimum absolute atomic E-state index is 0.0359. The molecule has 3 heterocycles. The standard InChI is InChI=1S/C18H21N5O3/c1-10-16(11(2)23(3)20-10)17-13(6-7-25-17)9-19-18(24)12-4-5-14-15(8-12)22-26-21-14/h4-5,8,13,17H,6-7,9H2,1-3H3,(H,19,24)/t13-,17+/m1/s1. The van der Waals surface area contributed by atoms with Crippen molar-refractivity contribution in [2.45, 2.75) is 26.4 Å². The summed E-state index contributed by atoms with van der Waals surface area (Å²) in [5.74, 6) is 0.0816. The van der Waals surface area contributed by atoms with E-state index in [-0.39, 0.29) is 17.9 Å². The second-order valence-electron chi connectivity index (χ2n) is 6.73. The summed E-state index contributed by atoms with van der Waals surface area (Å²) in [5, 5.41) is 15.0. The lowest BCUT2D eigenvalue weighted by Crippen LogP contribution is -2.30. The van der Waals surface area contributed by atoms with Crippen LogP contribution in [-0.2, 0) is 11.8 Å². The summed E-state index contributed by atoms with van der Waals surface area (Å²) >= 11 is 0. The van der Waals surface area contributed by atoms with Crippen LogP contribution < -0.4 is 5.32 Å². The number of hydrogen-bond acceptors (Lipinski definition) is 6. The molecular formula is C18H21N5O3. The average Bonchev–Trinajstić information content (AvgIpc) is 3.32. The first-order chi connectivity index (χ1) is 12.5. The summed E-state index contributed by atoms with van der Waals surface area (Å²) in [5.41, 5.74) is 4.97. The van der Waals surface area contributed by atoms with Crippen molar-refractivity contribution in [3.8, 4) is 0 Å². The average molecular weight is 355 g/mol. The van der Waals surface area contributed by atoms with Crippen LogP contribution >= 0.6 is 0 Å². The Kier molecular flexibility index (Phi) is 4.20. The summed E-state index contributed by atoms with van der Waals surface area (Å²) in [7, 11) is 1.94. The van der Waals surface area contributed by atoms with E-state index in [9.17, 15) is 4.79 Å². The van der Waals surface area contributed by atoms with E-state index in [1.54, 1.807) is 18.2 Å². The van der Waals surface area contributed by atoms with Gasteiger partial charge in [0.15, 0.2) is 0 Å². The van der Waals surface area contributed by atoms with E-state index < -0.39 is 0 Å². The maximum Gasteiger partial charge on any atom is 0.251 e. The van der Waals surface area contributed by atoms with Crippen molar-refractivity contribution >= 4 is 16.9 Å². The van der Waals surface area contributed by atoms with Crippen LogP contribution in [0.2, 0.25) is 0 Å². The molecule has 0 spiro atoms. The molecular weight excluding hydrogens is 334 g/mol. The second-order valence-corrected chi connectivity index (χ2v) is 6.73. The van der Waals surface area contributed by atoms with Crippen molar-refractivity contribution in [1.82, 2.24) is 25.4 Å². The number of aromatic nitrogens is 4. The molecule has 136 valence electrons. The Hall–Kier alpha value is -2.74. The minimum atomic E-state index is -0.139. The predicted octanol–water partition coefficient (Wildman–Crippen LogP) is 2.08. The van der Waals surface area contributed by atoms with Crippen LogP contribution in [0.25, 0.3) is 11.0 Å². The molecule has 1 N–H and O–H groups in total. The molecule has 8 nitrogen and oxygen atoms in total. The number of rotatable bonds is 4. The van der Waals surface area contributed by atoms with Crippen LogP contribution in [0.3, 0.4) is 0 Å². The summed E-state index contributed by atoms with van der Waals surface area (Å²) in [6.07, 6.45) is 0.872. The van der Waals surface area contributed by atoms with Gasteiger partial charge in [0.25, 0.3) is 5.91 Å². The number of carbonyl (C=O) groups excluding carboxylic acids is 1. The first kappa shape index (κ1) is 16.7. The van der Waals surface area contributed by atoms with Crippen LogP contribution in [-0.4, -0.2) is 39.2 Å². The summed E-state index contributed by atoms with van der Waals surface area (Å²) in [6.45, 7) is 5.29. The fraction of sp³-hybridized carbons (Fsp3) is 0.444. The van der Waals surface area contributed by atoms with Gasteiger partial charge in [0.05, 0.1) is 11.8 Å². The monoisotopic (exact) mass is 355 g/mol. The zero-order chi connectivity index (χ0) is 18.3. The van der Waals surface area contributed by atoms with Crippen molar-refractivity contribution in [3.63, 3.8) is 0 Å². The number of aryl methyl sites for hydroxylation is 2. The summed E-state index contributed by atoms with van der Waals surface area (Å²) in [4.78, 5) is 12.5. The van der Waals surface area contributed by atoms with Gasteiger partial charge in [-0.1, -0.05) is 0 Å². The number of carbonyl (C=O) groups is 1. The van der Waals surface area contributed by atoms with Gasteiger partial charge in [0.2, 0.25) is 0 Å². The van der Waals surface area contributed by atoms with E-state index in [2.05, 4.69) is 25.4 Å². The van der Waals surface area contributed by atoms with E-state index in [1.807, 2.05) is 25.6 Å². The van der Waals surface area contributed by atoms with E-state index in [1.165, 1.54) is 0 Å². The van der Waals surface area contributed by atoms with Crippen molar-refractivity contribution in [3.05, 3.63) is 40.7 Å². The summed E-state index contributed by atoms with van der Waals surface area (Å²) < 4.78 is 12.5. The molecule has 1 aromatic carbocycles. The molecule has 0 radical (unpaired) electrons. The van der Waals surface area contributed by atoms with Crippen molar-refractivity contribution in [1.29, 1.82) is 0 Å². The van der Waals surface area contributed by atoms with Crippen LogP contribution in [0, 0.1) is 19.8 Å². The quantitative estimate of drug-likeness (QED) is 0.770. The first-order valence-electron chi connectivity index (χ1n) is 8.67. The lowest BCUT2D eigenvalue weighted by Gasteiger charge is -2.20. The Morgan fingerprint density at radius 3 is 2.88 bits per heavy atom. The molecule has 1 amide bonds. The molecule has 3 aromatic rings. The Labute approximate surface area is 150 Å². The Morgan fingerprint density at radius 2 is 2.12 bits per heavy atom. The van der Waals surface area contributed by atoms with Crippen molar-refractivity contribution < 1.29 is 14.2 Å². The van der Waals surface area contributed by atoms with E-state index in [0.29, 0.717) is 29.7 Å². The first-order valence-corrected chi connectivity index (χ1v) is 8.67. The lowest BCUT2D eigenvalue weighted by atomic mass is 9.94. The molecule has 4 rings (SSSR count). The molecule has 0 unspecified atom stereocenters. The third kappa shape index (κ3) is 2.86. The fourth-order valence-corrected chi connectivity index (χ4v) is 3.61. The van der Waals surface area contributed by atoms with E-state index in [4.69, 9.17) is 4.74 Å². The zero-order valence-corrected chi connectivity index (χ0v) is 15.0. The van der Waals surface area contributed by atoms with Gasteiger partial charge in [0.1, 0.15) is 11.0 Å². The van der Waals surface area contributed by atoms with Gasteiger partial charge >= 0.3 is 0 Å². The van der Waals surface area contributed by atoms with Crippen LogP contribution in [0.4, 0.5) is 0 Å². The number of hydrogen-bond donors (Lipinski definition) is 1. The van der Waals surface area contributed by atoms with Gasteiger partial charge in [-0.3, -0.25) is 9.48 Å². The number of nitrogens with one attached hydrogen (secondary N) is 1. The highest BCUT2D eigenvalue weighted by molar-refractivity contribution is 5.97. The normalized spacial score (nSPS) is 20.0. The highest BCUT2D eigenvalue weighted by Crippen LogP contribution is 2.37. The third-order valence-electron chi connectivity index (χ3n) is 5.10. The second kappa shape index (κ2) is 6.53. The minimum Gasteiger partial charge on any atom is -0.373 e. The number of fused-ring (bicyclic) bond motifs is 1. The lowest BCUT2D eigenvalue weighted by molar-refractivity contribution is 0.0840. The highest BCUT2D eigenvalue weighted by Gasteiger charge is 2.33. The van der Waals surface area contributed by atoms with Crippen LogP contribution in [0.5, 0.6) is 0 Å². The Balaban J connectivity index is 1.47.